The van der Waals surface area contributed by atoms with Crippen LogP contribution in [0.5, 0.6) is 0 Å². The van der Waals surface area contributed by atoms with Gasteiger partial charge in [0, 0.05) is 12.6 Å². The first-order valence-corrected chi connectivity index (χ1v) is 5.79. The van der Waals surface area contributed by atoms with Crippen molar-refractivity contribution in [2.45, 2.75) is 12.3 Å². The Kier molecular flexibility index (Phi) is 5.09. The molecule has 1 aliphatic heterocycles. The zero-order valence-corrected chi connectivity index (χ0v) is 10.7. The molecule has 0 aliphatic carbocycles. The summed E-state index contributed by atoms with van der Waals surface area (Å²) < 4.78 is 4.78. The second-order valence-electron chi connectivity index (χ2n) is 3.52. The lowest BCUT2D eigenvalue weighted by Crippen LogP contribution is -2.38. The topological polar surface area (TPSA) is 58.6 Å². The summed E-state index contributed by atoms with van der Waals surface area (Å²) in [7, 11) is 1.55. The van der Waals surface area contributed by atoms with Gasteiger partial charge in [-0.15, -0.1) is 12.6 Å². The van der Waals surface area contributed by atoms with Gasteiger partial charge in [-0.25, -0.2) is 0 Å². The highest BCUT2D eigenvalue weighted by Crippen LogP contribution is 2.13. The molecule has 1 aliphatic rings. The molecule has 1 N–H and O–H groups in total. The van der Waals surface area contributed by atoms with Crippen LogP contribution in [-0.4, -0.2) is 42.3 Å². The summed E-state index contributed by atoms with van der Waals surface area (Å²) in [6.07, 6.45) is 5.11. The van der Waals surface area contributed by atoms with Crippen molar-refractivity contribution in [3.63, 3.8) is 0 Å². The molecule has 0 radical (unpaired) electrons. The standard InChI is InChI=1S/C11H16N2O3S/c1-3-16-9(14)7-13(2)11(15)8-5-4-6-12-10(8)17/h4-6,10,12,17H,3,7H2,1-2H3. The number of nitrogens with zero attached hydrogens (tertiary/aromatic N) is 1. The number of hydrogen-bond donors (Lipinski definition) is 2. The molecule has 5 nitrogen and oxygen atoms in total. The second kappa shape index (κ2) is 6.34. The van der Waals surface area contributed by atoms with Gasteiger partial charge in [0.1, 0.15) is 11.9 Å². The van der Waals surface area contributed by atoms with Crippen LogP contribution in [0, 0.1) is 0 Å². The van der Waals surface area contributed by atoms with Gasteiger partial charge in [-0.2, -0.15) is 0 Å². The number of allylic oxidation sites excluding steroid dienone is 2. The molecule has 0 fully saturated rings. The number of hydrogen-bond acceptors (Lipinski definition) is 5. The molecular formula is C11H16N2O3S. The Hall–Kier alpha value is -1.43. The van der Waals surface area contributed by atoms with E-state index in [9.17, 15) is 9.59 Å². The Morgan fingerprint density at radius 1 is 1.59 bits per heavy atom. The molecular weight excluding hydrogens is 240 g/mol. The third-order valence-corrected chi connectivity index (χ3v) is 2.61. The van der Waals surface area contributed by atoms with E-state index < -0.39 is 5.97 Å². The minimum atomic E-state index is -0.418. The minimum Gasteiger partial charge on any atom is -0.465 e. The van der Waals surface area contributed by atoms with Crippen LogP contribution >= 0.6 is 12.6 Å². The fourth-order valence-electron chi connectivity index (χ4n) is 1.36. The van der Waals surface area contributed by atoms with E-state index in [1.807, 2.05) is 0 Å². The third-order valence-electron chi connectivity index (χ3n) is 2.19. The molecule has 1 atom stereocenters. The third kappa shape index (κ3) is 3.81. The summed E-state index contributed by atoms with van der Waals surface area (Å²) in [5.41, 5.74) is 0.502. The van der Waals surface area contributed by atoms with Crippen LogP contribution in [-0.2, 0) is 14.3 Å². The Bertz CT molecular complexity index is 366. The maximum absolute atomic E-state index is 12.0. The van der Waals surface area contributed by atoms with Gasteiger partial charge in [-0.05, 0) is 25.3 Å². The Balaban J connectivity index is 2.60. The summed E-state index contributed by atoms with van der Waals surface area (Å²) in [6, 6.07) is 0. The summed E-state index contributed by atoms with van der Waals surface area (Å²) in [5.74, 6) is -0.658. The molecule has 1 rings (SSSR count). The van der Waals surface area contributed by atoms with E-state index in [-0.39, 0.29) is 17.8 Å². The molecule has 0 aromatic heterocycles. The van der Waals surface area contributed by atoms with E-state index in [2.05, 4.69) is 17.9 Å². The number of esters is 1. The van der Waals surface area contributed by atoms with Gasteiger partial charge >= 0.3 is 5.97 Å². The summed E-state index contributed by atoms with van der Waals surface area (Å²) in [5, 5.41) is 2.55. The number of thiol groups is 1. The van der Waals surface area contributed by atoms with Crippen molar-refractivity contribution in [3.8, 4) is 0 Å². The summed E-state index contributed by atoms with van der Waals surface area (Å²) in [4.78, 5) is 24.5. The lowest BCUT2D eigenvalue weighted by molar-refractivity contribution is -0.147. The van der Waals surface area contributed by atoms with E-state index >= 15 is 0 Å². The smallest absolute Gasteiger partial charge is 0.325 e. The average Bonchev–Trinajstić information content (AvgIpc) is 2.29. The maximum Gasteiger partial charge on any atom is 0.325 e. The molecule has 94 valence electrons. The Labute approximate surface area is 106 Å². The van der Waals surface area contributed by atoms with Crippen LogP contribution in [0.4, 0.5) is 0 Å². The number of amides is 1. The van der Waals surface area contributed by atoms with Crippen LogP contribution in [0.25, 0.3) is 0 Å². The van der Waals surface area contributed by atoms with E-state index in [0.29, 0.717) is 12.2 Å². The minimum absolute atomic E-state index is 0.0613. The molecule has 1 unspecified atom stereocenters. The van der Waals surface area contributed by atoms with Gasteiger partial charge in [0.15, 0.2) is 0 Å². The number of carbonyl (C=O) groups excluding carboxylic acids is 2. The Morgan fingerprint density at radius 2 is 2.29 bits per heavy atom. The molecule has 0 aromatic rings. The first kappa shape index (κ1) is 13.6. The first-order chi connectivity index (χ1) is 8.06. The number of likely N-dealkylation sites (N-methyl/N-ethyl adjacent to an activating group) is 1. The predicted octanol–water partition coefficient (Wildman–Crippen LogP) is 0.307. The quantitative estimate of drug-likeness (QED) is 0.561. The highest BCUT2D eigenvalue weighted by molar-refractivity contribution is 7.81. The van der Waals surface area contributed by atoms with E-state index in [0.717, 1.165) is 0 Å². The van der Waals surface area contributed by atoms with Crippen molar-refractivity contribution in [3.05, 3.63) is 23.9 Å². The molecule has 0 saturated carbocycles. The lowest BCUT2D eigenvalue weighted by atomic mass is 10.2. The van der Waals surface area contributed by atoms with Gasteiger partial charge in [0.2, 0.25) is 0 Å². The van der Waals surface area contributed by atoms with Crippen molar-refractivity contribution in [2.75, 3.05) is 20.2 Å². The van der Waals surface area contributed by atoms with Crippen molar-refractivity contribution in [2.24, 2.45) is 0 Å². The van der Waals surface area contributed by atoms with Crippen LogP contribution < -0.4 is 5.32 Å². The summed E-state index contributed by atoms with van der Waals surface area (Å²) >= 11 is 4.23. The van der Waals surface area contributed by atoms with Gasteiger partial charge < -0.3 is 15.0 Å². The van der Waals surface area contributed by atoms with Crippen molar-refractivity contribution < 1.29 is 14.3 Å². The fraction of sp³-hybridized carbons (Fsp3) is 0.455. The maximum atomic E-state index is 12.0. The van der Waals surface area contributed by atoms with Crippen LogP contribution in [0.15, 0.2) is 23.9 Å². The zero-order chi connectivity index (χ0) is 12.8. The fourth-order valence-corrected chi connectivity index (χ4v) is 1.64. The SMILES string of the molecule is CCOC(=O)CN(C)C(=O)C1=CC=CNC1S. The number of carbonyl (C=O) groups is 2. The number of ether oxygens (including phenoxy) is 1. The number of dihydropyridines is 1. The number of rotatable bonds is 4. The lowest BCUT2D eigenvalue weighted by Gasteiger charge is -2.22. The predicted molar refractivity (Wildman–Crippen MR) is 67.4 cm³/mol. The van der Waals surface area contributed by atoms with Gasteiger partial charge in [0.25, 0.3) is 5.91 Å². The van der Waals surface area contributed by atoms with Crippen molar-refractivity contribution in [1.82, 2.24) is 10.2 Å². The van der Waals surface area contributed by atoms with Crippen LogP contribution in [0.3, 0.4) is 0 Å². The van der Waals surface area contributed by atoms with Gasteiger partial charge in [-0.1, -0.05) is 0 Å². The van der Waals surface area contributed by atoms with E-state index in [1.54, 1.807) is 32.3 Å². The Morgan fingerprint density at radius 3 is 2.88 bits per heavy atom. The van der Waals surface area contributed by atoms with Gasteiger partial charge in [0.05, 0.1) is 6.61 Å². The average molecular weight is 256 g/mol. The molecule has 1 heterocycles. The molecule has 0 saturated heterocycles. The van der Waals surface area contributed by atoms with Gasteiger partial charge in [-0.3, -0.25) is 9.59 Å². The van der Waals surface area contributed by atoms with Crippen molar-refractivity contribution in [1.29, 1.82) is 0 Å². The largest absolute Gasteiger partial charge is 0.465 e. The normalized spacial score (nSPS) is 18.1. The molecule has 0 bridgehead atoms. The molecule has 6 heteroatoms. The second-order valence-corrected chi connectivity index (χ2v) is 4.03. The van der Waals surface area contributed by atoms with Crippen LogP contribution in [0.2, 0.25) is 0 Å². The molecule has 1 amide bonds. The zero-order valence-electron chi connectivity index (χ0n) is 9.84. The van der Waals surface area contributed by atoms with Crippen molar-refractivity contribution >= 4 is 24.5 Å². The summed E-state index contributed by atoms with van der Waals surface area (Å²) in [6.45, 7) is 1.97. The highest BCUT2D eigenvalue weighted by atomic mass is 32.1. The number of nitrogens with one attached hydrogen (secondary N) is 1. The molecule has 0 spiro atoms. The monoisotopic (exact) mass is 256 g/mol. The van der Waals surface area contributed by atoms with Crippen LogP contribution in [0.1, 0.15) is 6.92 Å². The van der Waals surface area contributed by atoms with E-state index in [4.69, 9.17) is 4.74 Å². The van der Waals surface area contributed by atoms with E-state index in [1.165, 1.54) is 4.90 Å². The first-order valence-electron chi connectivity index (χ1n) is 5.28. The molecule has 0 aromatic carbocycles. The molecule has 17 heavy (non-hydrogen) atoms. The highest BCUT2D eigenvalue weighted by Gasteiger charge is 2.22.